The van der Waals surface area contributed by atoms with E-state index in [-0.39, 0.29) is 25.1 Å². The molecule has 1 aliphatic rings. The Morgan fingerprint density at radius 2 is 2.21 bits per heavy atom. The molecule has 1 aliphatic heterocycles. The Kier molecular flexibility index (Phi) is 4.31. The van der Waals surface area contributed by atoms with Crippen LogP contribution in [0.15, 0.2) is 18.5 Å². The third-order valence-corrected chi connectivity index (χ3v) is 3.66. The van der Waals surface area contributed by atoms with Gasteiger partial charge in [-0.25, -0.2) is 9.97 Å². The number of hydrogen-bond donors (Lipinski definition) is 1. The minimum Gasteiger partial charge on any atom is -0.394 e. The van der Waals surface area contributed by atoms with Crippen molar-refractivity contribution in [3.8, 4) is 0 Å². The van der Waals surface area contributed by atoms with Crippen LogP contribution in [-0.2, 0) is 4.79 Å². The highest BCUT2D eigenvalue weighted by Crippen LogP contribution is 2.23. The molecule has 1 fully saturated rings. The summed E-state index contributed by atoms with van der Waals surface area (Å²) in [5, 5.41) is 9.37. The van der Waals surface area contributed by atoms with Crippen LogP contribution >= 0.6 is 0 Å². The van der Waals surface area contributed by atoms with Crippen LogP contribution in [0.5, 0.6) is 0 Å². The Morgan fingerprint density at radius 1 is 1.53 bits per heavy atom. The van der Waals surface area contributed by atoms with Crippen LogP contribution in [0.3, 0.4) is 0 Å². The van der Waals surface area contributed by atoms with E-state index in [0.29, 0.717) is 18.4 Å². The molecule has 0 radical (unpaired) electrons. The van der Waals surface area contributed by atoms with Gasteiger partial charge in [-0.15, -0.1) is 0 Å². The van der Waals surface area contributed by atoms with E-state index in [1.54, 1.807) is 35.3 Å². The lowest BCUT2D eigenvalue weighted by atomic mass is 10.0. The maximum absolute atomic E-state index is 12.3. The number of anilines is 1. The molecule has 1 N–H and O–H groups in total. The average molecular weight is 264 g/mol. The zero-order valence-corrected chi connectivity index (χ0v) is 11.4. The summed E-state index contributed by atoms with van der Waals surface area (Å²) in [6.45, 7) is 3.04. The van der Waals surface area contributed by atoms with Gasteiger partial charge in [0.15, 0.2) is 0 Å². The fourth-order valence-corrected chi connectivity index (χ4v) is 2.45. The van der Waals surface area contributed by atoms with E-state index >= 15 is 0 Å². The molecule has 2 atom stereocenters. The molecule has 0 spiro atoms. The lowest BCUT2D eigenvalue weighted by molar-refractivity contribution is -0.131. The fraction of sp³-hybridized carbons (Fsp3) is 0.615. The van der Waals surface area contributed by atoms with E-state index in [2.05, 4.69) is 16.9 Å². The quantitative estimate of drug-likeness (QED) is 0.838. The first-order valence-corrected chi connectivity index (χ1v) is 6.52. The van der Waals surface area contributed by atoms with Gasteiger partial charge in [0.05, 0.1) is 19.2 Å². The molecule has 6 nitrogen and oxygen atoms in total. The third-order valence-electron chi connectivity index (χ3n) is 3.66. The number of amides is 1. The smallest absolute Gasteiger partial charge is 0.242 e. The van der Waals surface area contributed by atoms with Crippen LogP contribution in [0.1, 0.15) is 13.3 Å². The minimum absolute atomic E-state index is 0.0124. The Balaban J connectivity index is 1.98. The number of aromatic nitrogens is 2. The SMILES string of the molecule is CC1CCN(C(=O)CN(C)c2ncccn2)C1CO. The summed E-state index contributed by atoms with van der Waals surface area (Å²) in [6, 6.07) is 1.68. The normalized spacial score (nSPS) is 22.6. The Labute approximate surface area is 113 Å². The summed E-state index contributed by atoms with van der Waals surface area (Å²) in [6.07, 6.45) is 4.25. The second-order valence-corrected chi connectivity index (χ2v) is 5.01. The summed E-state index contributed by atoms with van der Waals surface area (Å²) < 4.78 is 0. The van der Waals surface area contributed by atoms with Crippen LogP contribution in [0.25, 0.3) is 0 Å². The number of likely N-dealkylation sites (tertiary alicyclic amines) is 1. The van der Waals surface area contributed by atoms with E-state index in [9.17, 15) is 9.90 Å². The lowest BCUT2D eigenvalue weighted by Gasteiger charge is -2.27. The number of aliphatic hydroxyl groups excluding tert-OH is 1. The summed E-state index contributed by atoms with van der Waals surface area (Å²) in [4.78, 5) is 24.0. The fourth-order valence-electron chi connectivity index (χ4n) is 2.45. The van der Waals surface area contributed by atoms with Gasteiger partial charge >= 0.3 is 0 Å². The van der Waals surface area contributed by atoms with Gasteiger partial charge in [-0.1, -0.05) is 6.92 Å². The van der Waals surface area contributed by atoms with E-state index in [1.165, 1.54) is 0 Å². The predicted molar refractivity (Wildman–Crippen MR) is 71.7 cm³/mol. The Bertz CT molecular complexity index is 426. The summed E-state index contributed by atoms with van der Waals surface area (Å²) in [5.74, 6) is 0.897. The van der Waals surface area contributed by atoms with Gasteiger partial charge in [0, 0.05) is 26.0 Å². The van der Waals surface area contributed by atoms with Gasteiger partial charge in [0.1, 0.15) is 0 Å². The molecule has 2 unspecified atom stereocenters. The van der Waals surface area contributed by atoms with Crippen molar-refractivity contribution < 1.29 is 9.90 Å². The lowest BCUT2D eigenvalue weighted by Crippen LogP contribution is -2.44. The van der Waals surface area contributed by atoms with Crippen molar-refractivity contribution in [2.75, 3.05) is 31.6 Å². The maximum atomic E-state index is 12.3. The maximum Gasteiger partial charge on any atom is 0.242 e. The molecule has 1 saturated heterocycles. The summed E-state index contributed by atoms with van der Waals surface area (Å²) in [7, 11) is 1.79. The van der Waals surface area contributed by atoms with Gasteiger partial charge in [-0.05, 0) is 18.4 Å². The van der Waals surface area contributed by atoms with Crippen molar-refractivity contribution in [1.82, 2.24) is 14.9 Å². The highest BCUT2D eigenvalue weighted by Gasteiger charge is 2.34. The van der Waals surface area contributed by atoms with Gasteiger partial charge in [0.2, 0.25) is 11.9 Å². The average Bonchev–Trinajstić information content (AvgIpc) is 2.80. The van der Waals surface area contributed by atoms with Gasteiger partial charge < -0.3 is 14.9 Å². The zero-order valence-electron chi connectivity index (χ0n) is 11.4. The van der Waals surface area contributed by atoms with Crippen LogP contribution in [0, 0.1) is 5.92 Å². The molecule has 0 saturated carbocycles. The van der Waals surface area contributed by atoms with Crippen molar-refractivity contribution in [2.45, 2.75) is 19.4 Å². The van der Waals surface area contributed by atoms with Gasteiger partial charge in [-0.2, -0.15) is 0 Å². The van der Waals surface area contributed by atoms with Crippen LogP contribution < -0.4 is 4.90 Å². The molecular formula is C13H20N4O2. The van der Waals surface area contributed by atoms with Gasteiger partial charge in [-0.3, -0.25) is 4.79 Å². The molecular weight excluding hydrogens is 244 g/mol. The predicted octanol–water partition coefficient (Wildman–Crippen LogP) is 0.142. The molecule has 1 aromatic heterocycles. The minimum atomic E-state index is -0.0578. The number of aliphatic hydroxyl groups is 1. The highest BCUT2D eigenvalue weighted by molar-refractivity contribution is 5.81. The summed E-state index contributed by atoms with van der Waals surface area (Å²) in [5.41, 5.74) is 0. The number of rotatable bonds is 4. The Morgan fingerprint density at radius 3 is 2.84 bits per heavy atom. The molecule has 0 bridgehead atoms. The van der Waals surface area contributed by atoms with Gasteiger partial charge in [0.25, 0.3) is 0 Å². The highest BCUT2D eigenvalue weighted by atomic mass is 16.3. The first-order valence-electron chi connectivity index (χ1n) is 6.52. The molecule has 1 amide bonds. The number of carbonyl (C=O) groups excluding carboxylic acids is 1. The summed E-state index contributed by atoms with van der Waals surface area (Å²) >= 11 is 0. The van der Waals surface area contributed by atoms with E-state index in [4.69, 9.17) is 0 Å². The van der Waals surface area contributed by atoms with Crippen molar-refractivity contribution in [1.29, 1.82) is 0 Å². The number of carbonyl (C=O) groups is 1. The first kappa shape index (κ1) is 13.7. The molecule has 1 aromatic rings. The van der Waals surface area contributed by atoms with Crippen LogP contribution in [0.4, 0.5) is 5.95 Å². The van der Waals surface area contributed by atoms with Crippen LogP contribution in [-0.4, -0.2) is 58.7 Å². The molecule has 19 heavy (non-hydrogen) atoms. The van der Waals surface area contributed by atoms with Crippen molar-refractivity contribution >= 4 is 11.9 Å². The van der Waals surface area contributed by atoms with E-state index in [1.807, 2.05) is 0 Å². The molecule has 0 aliphatic carbocycles. The van der Waals surface area contributed by atoms with E-state index < -0.39 is 0 Å². The zero-order chi connectivity index (χ0) is 13.8. The van der Waals surface area contributed by atoms with Crippen molar-refractivity contribution in [3.63, 3.8) is 0 Å². The first-order chi connectivity index (χ1) is 9.13. The third kappa shape index (κ3) is 3.01. The molecule has 2 heterocycles. The second-order valence-electron chi connectivity index (χ2n) is 5.01. The molecule has 6 heteroatoms. The monoisotopic (exact) mass is 264 g/mol. The topological polar surface area (TPSA) is 69.6 Å². The number of hydrogen-bond acceptors (Lipinski definition) is 5. The van der Waals surface area contributed by atoms with Crippen molar-refractivity contribution in [2.24, 2.45) is 5.92 Å². The second kappa shape index (κ2) is 5.97. The molecule has 0 aromatic carbocycles. The van der Waals surface area contributed by atoms with Crippen molar-refractivity contribution in [3.05, 3.63) is 18.5 Å². The molecule has 104 valence electrons. The Hall–Kier alpha value is -1.69. The standard InChI is InChI=1S/C13H20N4O2/c1-10-4-7-17(11(10)9-18)12(19)8-16(2)13-14-5-3-6-15-13/h3,5-6,10-11,18H,4,7-9H2,1-2H3. The van der Waals surface area contributed by atoms with E-state index in [0.717, 1.165) is 6.42 Å². The number of nitrogens with zero attached hydrogens (tertiary/aromatic N) is 4. The van der Waals surface area contributed by atoms with Crippen LogP contribution in [0.2, 0.25) is 0 Å². The molecule has 2 rings (SSSR count). The number of likely N-dealkylation sites (N-methyl/N-ethyl adjacent to an activating group) is 1. The largest absolute Gasteiger partial charge is 0.394 e.